The van der Waals surface area contributed by atoms with Crippen LogP contribution in [0.15, 0.2) is 23.1 Å². The van der Waals surface area contributed by atoms with Crippen molar-refractivity contribution >= 4 is 15.5 Å². The lowest BCUT2D eigenvalue weighted by molar-refractivity contribution is 0.170. The first-order valence-electron chi connectivity index (χ1n) is 5.69. The van der Waals surface area contributed by atoms with Gasteiger partial charge >= 0.3 is 0 Å². The van der Waals surface area contributed by atoms with Crippen LogP contribution in [-0.2, 0) is 9.84 Å². The highest BCUT2D eigenvalue weighted by Gasteiger charge is 2.25. The molecule has 94 valence electrons. The molecule has 0 saturated carbocycles. The van der Waals surface area contributed by atoms with Crippen molar-refractivity contribution in [1.29, 1.82) is 0 Å². The SMILES string of the molecule is CCC1Oc2ccc(S(C)(=O)=O)cc2NC1C. The first-order valence-corrected chi connectivity index (χ1v) is 7.58. The highest BCUT2D eigenvalue weighted by Crippen LogP contribution is 2.34. The van der Waals surface area contributed by atoms with E-state index in [4.69, 9.17) is 4.74 Å². The van der Waals surface area contributed by atoms with Gasteiger partial charge in [-0.3, -0.25) is 0 Å². The predicted molar refractivity (Wildman–Crippen MR) is 67.3 cm³/mol. The van der Waals surface area contributed by atoms with E-state index in [1.165, 1.54) is 6.26 Å². The molecular weight excluding hydrogens is 238 g/mol. The smallest absolute Gasteiger partial charge is 0.175 e. The highest BCUT2D eigenvalue weighted by molar-refractivity contribution is 7.90. The molecule has 2 unspecified atom stereocenters. The standard InChI is InChI=1S/C12H17NO3S/c1-4-11-8(2)13-10-7-9(17(3,14)15)5-6-12(10)16-11/h5-8,11,13H,4H2,1-3H3. The Morgan fingerprint density at radius 3 is 2.71 bits per heavy atom. The summed E-state index contributed by atoms with van der Waals surface area (Å²) >= 11 is 0. The summed E-state index contributed by atoms with van der Waals surface area (Å²) in [5.41, 5.74) is 0.755. The fourth-order valence-electron chi connectivity index (χ4n) is 2.00. The minimum Gasteiger partial charge on any atom is -0.486 e. The molecule has 1 heterocycles. The maximum absolute atomic E-state index is 11.5. The summed E-state index contributed by atoms with van der Waals surface area (Å²) in [6, 6.07) is 5.11. The Morgan fingerprint density at radius 2 is 2.12 bits per heavy atom. The molecule has 0 aliphatic carbocycles. The lowest BCUT2D eigenvalue weighted by Crippen LogP contribution is -2.38. The van der Waals surface area contributed by atoms with Gasteiger partial charge in [0.15, 0.2) is 9.84 Å². The van der Waals surface area contributed by atoms with Gasteiger partial charge in [0.25, 0.3) is 0 Å². The Labute approximate surface area is 102 Å². The van der Waals surface area contributed by atoms with E-state index in [0.29, 0.717) is 4.90 Å². The number of anilines is 1. The van der Waals surface area contributed by atoms with Crippen LogP contribution in [0.1, 0.15) is 20.3 Å². The average Bonchev–Trinajstić information content (AvgIpc) is 2.26. The van der Waals surface area contributed by atoms with E-state index in [-0.39, 0.29) is 12.1 Å². The number of hydrogen-bond donors (Lipinski definition) is 1. The van der Waals surface area contributed by atoms with Crippen LogP contribution in [0.2, 0.25) is 0 Å². The Morgan fingerprint density at radius 1 is 1.41 bits per heavy atom. The average molecular weight is 255 g/mol. The van der Waals surface area contributed by atoms with Crippen molar-refractivity contribution in [2.45, 2.75) is 37.3 Å². The Kier molecular flexibility index (Phi) is 3.03. The zero-order chi connectivity index (χ0) is 12.6. The third kappa shape index (κ3) is 2.39. The lowest BCUT2D eigenvalue weighted by Gasteiger charge is -2.32. The molecule has 0 spiro atoms. The molecule has 1 N–H and O–H groups in total. The summed E-state index contributed by atoms with van der Waals surface area (Å²) in [6.45, 7) is 4.10. The number of sulfone groups is 1. The molecule has 0 saturated heterocycles. The molecule has 1 aliphatic rings. The number of benzene rings is 1. The molecule has 1 aromatic rings. The van der Waals surface area contributed by atoms with Gasteiger partial charge in [0, 0.05) is 6.26 Å². The van der Waals surface area contributed by atoms with Crippen LogP contribution in [0.4, 0.5) is 5.69 Å². The monoisotopic (exact) mass is 255 g/mol. The number of ether oxygens (including phenoxy) is 1. The van der Waals surface area contributed by atoms with Crippen LogP contribution < -0.4 is 10.1 Å². The van der Waals surface area contributed by atoms with Crippen LogP contribution in [0.5, 0.6) is 5.75 Å². The second kappa shape index (κ2) is 4.22. The van der Waals surface area contributed by atoms with Gasteiger partial charge in [-0.1, -0.05) is 6.92 Å². The Hall–Kier alpha value is -1.23. The van der Waals surface area contributed by atoms with Crippen LogP contribution in [0, 0.1) is 0 Å². The minimum atomic E-state index is -3.17. The van der Waals surface area contributed by atoms with Gasteiger partial charge in [0.2, 0.25) is 0 Å². The molecule has 0 radical (unpaired) electrons. The third-order valence-corrected chi connectivity index (χ3v) is 4.11. The molecule has 1 aromatic carbocycles. The van der Waals surface area contributed by atoms with Gasteiger partial charge in [0.1, 0.15) is 11.9 Å². The fraction of sp³-hybridized carbons (Fsp3) is 0.500. The Bertz CT molecular complexity index is 525. The van der Waals surface area contributed by atoms with Gasteiger partial charge in [-0.05, 0) is 31.5 Å². The molecule has 0 bridgehead atoms. The predicted octanol–water partition coefficient (Wildman–Crippen LogP) is 2.06. The molecule has 0 amide bonds. The van der Waals surface area contributed by atoms with Crippen molar-refractivity contribution in [1.82, 2.24) is 0 Å². The van der Waals surface area contributed by atoms with Gasteiger partial charge in [-0.15, -0.1) is 0 Å². The summed E-state index contributed by atoms with van der Waals surface area (Å²) in [4.78, 5) is 0.314. The maximum Gasteiger partial charge on any atom is 0.175 e. The van der Waals surface area contributed by atoms with Gasteiger partial charge < -0.3 is 10.1 Å². The van der Waals surface area contributed by atoms with Crippen molar-refractivity contribution in [2.75, 3.05) is 11.6 Å². The molecule has 4 nitrogen and oxygen atoms in total. The fourth-order valence-corrected chi connectivity index (χ4v) is 2.64. The minimum absolute atomic E-state index is 0.131. The van der Waals surface area contributed by atoms with E-state index in [1.807, 2.05) is 6.92 Å². The summed E-state index contributed by atoms with van der Waals surface area (Å²) in [5.74, 6) is 0.724. The van der Waals surface area contributed by atoms with Gasteiger partial charge in [-0.25, -0.2) is 8.42 Å². The summed E-state index contributed by atoms with van der Waals surface area (Å²) < 4.78 is 28.7. The molecule has 2 rings (SSSR count). The van der Waals surface area contributed by atoms with Crippen molar-refractivity contribution in [3.8, 4) is 5.75 Å². The number of rotatable bonds is 2. The van der Waals surface area contributed by atoms with E-state index < -0.39 is 9.84 Å². The van der Waals surface area contributed by atoms with Gasteiger partial charge in [-0.2, -0.15) is 0 Å². The van der Waals surface area contributed by atoms with Crippen molar-refractivity contribution in [3.05, 3.63) is 18.2 Å². The molecule has 0 aromatic heterocycles. The summed E-state index contributed by atoms with van der Waals surface area (Å²) in [5, 5.41) is 3.28. The molecule has 5 heteroatoms. The van der Waals surface area contributed by atoms with E-state index >= 15 is 0 Å². The van der Waals surface area contributed by atoms with Crippen LogP contribution >= 0.6 is 0 Å². The van der Waals surface area contributed by atoms with E-state index in [1.54, 1.807) is 18.2 Å². The molecule has 2 atom stereocenters. The molecule has 0 fully saturated rings. The quantitative estimate of drug-likeness (QED) is 0.879. The molecule has 1 aliphatic heterocycles. The van der Waals surface area contributed by atoms with E-state index in [0.717, 1.165) is 17.9 Å². The Balaban J connectivity index is 2.39. The van der Waals surface area contributed by atoms with E-state index in [2.05, 4.69) is 12.2 Å². The number of fused-ring (bicyclic) bond motifs is 1. The van der Waals surface area contributed by atoms with Crippen molar-refractivity contribution in [3.63, 3.8) is 0 Å². The second-order valence-electron chi connectivity index (χ2n) is 4.43. The zero-order valence-electron chi connectivity index (χ0n) is 10.2. The van der Waals surface area contributed by atoms with Crippen LogP contribution in [0.25, 0.3) is 0 Å². The number of hydrogen-bond acceptors (Lipinski definition) is 4. The summed E-state index contributed by atoms with van der Waals surface area (Å²) in [6.07, 6.45) is 2.25. The number of nitrogens with one attached hydrogen (secondary N) is 1. The highest BCUT2D eigenvalue weighted by atomic mass is 32.2. The normalized spacial score (nSPS) is 23.5. The first kappa shape index (κ1) is 12.2. The van der Waals surface area contributed by atoms with Crippen LogP contribution in [0.3, 0.4) is 0 Å². The van der Waals surface area contributed by atoms with Gasteiger partial charge in [0.05, 0.1) is 16.6 Å². The second-order valence-corrected chi connectivity index (χ2v) is 6.44. The third-order valence-electron chi connectivity index (χ3n) is 3.00. The van der Waals surface area contributed by atoms with E-state index in [9.17, 15) is 8.42 Å². The first-order chi connectivity index (χ1) is 7.91. The molecular formula is C12H17NO3S. The summed E-state index contributed by atoms with van der Waals surface area (Å²) in [7, 11) is -3.17. The topological polar surface area (TPSA) is 55.4 Å². The molecule has 17 heavy (non-hydrogen) atoms. The van der Waals surface area contributed by atoms with Crippen molar-refractivity contribution < 1.29 is 13.2 Å². The zero-order valence-corrected chi connectivity index (χ0v) is 11.0. The lowest BCUT2D eigenvalue weighted by atomic mass is 10.1. The maximum atomic E-state index is 11.5. The van der Waals surface area contributed by atoms with Crippen LogP contribution in [-0.4, -0.2) is 26.8 Å². The van der Waals surface area contributed by atoms with Crippen molar-refractivity contribution in [2.24, 2.45) is 0 Å². The largest absolute Gasteiger partial charge is 0.486 e.